The first kappa shape index (κ1) is 10.5. The topological polar surface area (TPSA) is 53.2 Å². The SMILES string of the molecule is COc1c(F)cc(CCO)cc1C#N. The fourth-order valence-electron chi connectivity index (χ4n) is 1.21. The average Bonchev–Trinajstić information content (AvgIpc) is 2.17. The Morgan fingerprint density at radius 2 is 2.29 bits per heavy atom. The van der Waals surface area contributed by atoms with Crippen molar-refractivity contribution >= 4 is 0 Å². The Hall–Kier alpha value is -1.60. The maximum atomic E-state index is 13.3. The van der Waals surface area contributed by atoms with Gasteiger partial charge in [0.1, 0.15) is 6.07 Å². The average molecular weight is 195 g/mol. The summed E-state index contributed by atoms with van der Waals surface area (Å²) in [6.45, 7) is -0.0728. The van der Waals surface area contributed by atoms with Crippen molar-refractivity contribution in [3.8, 4) is 11.8 Å². The summed E-state index contributed by atoms with van der Waals surface area (Å²) in [7, 11) is 1.31. The molecule has 0 unspecified atom stereocenters. The van der Waals surface area contributed by atoms with Crippen LogP contribution in [0.1, 0.15) is 11.1 Å². The fourth-order valence-corrected chi connectivity index (χ4v) is 1.21. The molecule has 0 atom stereocenters. The van der Waals surface area contributed by atoms with Crippen LogP contribution < -0.4 is 4.74 Å². The molecule has 1 N–H and O–H groups in total. The lowest BCUT2D eigenvalue weighted by atomic mass is 10.1. The number of ether oxygens (including phenoxy) is 1. The Kier molecular flexibility index (Phi) is 3.43. The van der Waals surface area contributed by atoms with Gasteiger partial charge in [-0.2, -0.15) is 5.26 Å². The Bertz CT molecular complexity index is 371. The van der Waals surface area contributed by atoms with Gasteiger partial charge in [-0.1, -0.05) is 0 Å². The van der Waals surface area contributed by atoms with Crippen LogP contribution in [0.25, 0.3) is 0 Å². The van der Waals surface area contributed by atoms with Gasteiger partial charge in [-0.25, -0.2) is 4.39 Å². The summed E-state index contributed by atoms with van der Waals surface area (Å²) in [6.07, 6.45) is 0.329. The lowest BCUT2D eigenvalue weighted by Crippen LogP contribution is -1.97. The monoisotopic (exact) mass is 195 g/mol. The molecule has 0 heterocycles. The molecule has 4 heteroatoms. The van der Waals surface area contributed by atoms with Gasteiger partial charge in [0.25, 0.3) is 0 Å². The van der Waals surface area contributed by atoms with Crippen molar-refractivity contribution in [2.45, 2.75) is 6.42 Å². The van der Waals surface area contributed by atoms with E-state index in [4.69, 9.17) is 15.1 Å². The third-order valence-corrected chi connectivity index (χ3v) is 1.83. The highest BCUT2D eigenvalue weighted by atomic mass is 19.1. The summed E-state index contributed by atoms with van der Waals surface area (Å²) < 4.78 is 18.0. The summed E-state index contributed by atoms with van der Waals surface area (Å²) in [5.41, 5.74) is 0.735. The van der Waals surface area contributed by atoms with E-state index < -0.39 is 5.82 Å². The van der Waals surface area contributed by atoms with E-state index in [0.717, 1.165) is 0 Å². The molecule has 0 spiro atoms. The van der Waals surface area contributed by atoms with Gasteiger partial charge in [-0.05, 0) is 24.1 Å². The molecule has 3 nitrogen and oxygen atoms in total. The number of nitrogens with zero attached hydrogens (tertiary/aromatic N) is 1. The number of methoxy groups -OCH3 is 1. The molecular formula is C10H10FNO2. The fraction of sp³-hybridized carbons (Fsp3) is 0.300. The molecule has 0 aromatic heterocycles. The number of nitriles is 1. The van der Waals surface area contributed by atoms with Crippen LogP contribution in [0.5, 0.6) is 5.75 Å². The van der Waals surface area contributed by atoms with Crippen LogP contribution in [0, 0.1) is 17.1 Å². The van der Waals surface area contributed by atoms with Crippen LogP contribution in [-0.2, 0) is 6.42 Å². The summed E-state index contributed by atoms with van der Waals surface area (Å²) >= 11 is 0. The van der Waals surface area contributed by atoms with E-state index >= 15 is 0 Å². The van der Waals surface area contributed by atoms with Gasteiger partial charge in [0.15, 0.2) is 11.6 Å². The molecule has 0 aliphatic heterocycles. The first-order valence-electron chi connectivity index (χ1n) is 4.10. The lowest BCUT2D eigenvalue weighted by Gasteiger charge is -2.06. The molecule has 14 heavy (non-hydrogen) atoms. The lowest BCUT2D eigenvalue weighted by molar-refractivity contribution is 0.299. The largest absolute Gasteiger partial charge is 0.492 e. The third kappa shape index (κ3) is 2.01. The smallest absolute Gasteiger partial charge is 0.172 e. The second-order valence-corrected chi connectivity index (χ2v) is 2.74. The highest BCUT2D eigenvalue weighted by Gasteiger charge is 2.10. The van der Waals surface area contributed by atoms with Crippen molar-refractivity contribution in [1.29, 1.82) is 5.26 Å². The molecule has 0 saturated carbocycles. The van der Waals surface area contributed by atoms with Gasteiger partial charge < -0.3 is 9.84 Å². The van der Waals surface area contributed by atoms with E-state index in [9.17, 15) is 4.39 Å². The summed E-state index contributed by atoms with van der Waals surface area (Å²) in [6, 6.07) is 4.61. The van der Waals surface area contributed by atoms with Crippen molar-refractivity contribution in [2.24, 2.45) is 0 Å². The van der Waals surface area contributed by atoms with Gasteiger partial charge in [-0.15, -0.1) is 0 Å². The first-order chi connectivity index (χ1) is 6.72. The maximum absolute atomic E-state index is 13.3. The minimum atomic E-state index is -0.574. The molecule has 0 fully saturated rings. The van der Waals surface area contributed by atoms with E-state index in [0.29, 0.717) is 12.0 Å². The molecule has 0 saturated heterocycles. The van der Waals surface area contributed by atoms with E-state index in [2.05, 4.69) is 0 Å². The zero-order valence-electron chi connectivity index (χ0n) is 7.75. The van der Waals surface area contributed by atoms with E-state index in [1.807, 2.05) is 6.07 Å². The Morgan fingerprint density at radius 3 is 2.79 bits per heavy atom. The van der Waals surface area contributed by atoms with Crippen LogP contribution in [0.3, 0.4) is 0 Å². The van der Waals surface area contributed by atoms with Crippen LogP contribution in [-0.4, -0.2) is 18.8 Å². The highest BCUT2D eigenvalue weighted by Crippen LogP contribution is 2.23. The Balaban J connectivity index is 3.19. The summed E-state index contributed by atoms with van der Waals surface area (Å²) in [5, 5.41) is 17.4. The molecule has 1 aromatic carbocycles. The first-order valence-corrected chi connectivity index (χ1v) is 4.10. The summed E-state index contributed by atoms with van der Waals surface area (Å²) in [4.78, 5) is 0. The van der Waals surface area contributed by atoms with Crippen LogP contribution >= 0.6 is 0 Å². The van der Waals surface area contributed by atoms with Crippen molar-refractivity contribution in [2.75, 3.05) is 13.7 Å². The van der Waals surface area contributed by atoms with Crippen molar-refractivity contribution in [3.63, 3.8) is 0 Å². The minimum Gasteiger partial charge on any atom is -0.492 e. The number of halogens is 1. The second kappa shape index (κ2) is 4.58. The normalized spacial score (nSPS) is 9.57. The van der Waals surface area contributed by atoms with Crippen LogP contribution in [0.15, 0.2) is 12.1 Å². The Morgan fingerprint density at radius 1 is 1.57 bits per heavy atom. The van der Waals surface area contributed by atoms with E-state index in [1.165, 1.54) is 19.2 Å². The molecular weight excluding hydrogens is 185 g/mol. The molecule has 0 radical (unpaired) electrons. The maximum Gasteiger partial charge on any atom is 0.172 e. The molecule has 0 amide bonds. The third-order valence-electron chi connectivity index (χ3n) is 1.83. The van der Waals surface area contributed by atoms with Gasteiger partial charge >= 0.3 is 0 Å². The standard InChI is InChI=1S/C10H10FNO2/c1-14-10-8(6-12)4-7(2-3-13)5-9(10)11/h4-5,13H,2-3H2,1H3. The zero-order chi connectivity index (χ0) is 10.6. The predicted octanol–water partition coefficient (Wildman–Crippen LogP) is 1.24. The predicted molar refractivity (Wildman–Crippen MR) is 48.5 cm³/mol. The van der Waals surface area contributed by atoms with Gasteiger partial charge in [-0.3, -0.25) is 0 Å². The van der Waals surface area contributed by atoms with Crippen LogP contribution in [0.4, 0.5) is 4.39 Å². The highest BCUT2D eigenvalue weighted by molar-refractivity contribution is 5.46. The number of aliphatic hydroxyl groups excluding tert-OH is 1. The molecule has 0 bridgehead atoms. The summed E-state index contributed by atoms with van der Waals surface area (Å²) in [5.74, 6) is -0.621. The van der Waals surface area contributed by atoms with Gasteiger partial charge in [0.05, 0.1) is 12.7 Å². The van der Waals surface area contributed by atoms with Gasteiger partial charge in [0.2, 0.25) is 0 Å². The molecule has 0 aliphatic carbocycles. The van der Waals surface area contributed by atoms with E-state index in [1.54, 1.807) is 0 Å². The molecule has 1 aromatic rings. The van der Waals surface area contributed by atoms with Crippen molar-refractivity contribution < 1.29 is 14.2 Å². The number of hydrogen-bond donors (Lipinski definition) is 1. The Labute approximate surface area is 81.4 Å². The molecule has 1 rings (SSSR count). The number of rotatable bonds is 3. The second-order valence-electron chi connectivity index (χ2n) is 2.74. The molecule has 74 valence electrons. The quantitative estimate of drug-likeness (QED) is 0.789. The van der Waals surface area contributed by atoms with E-state index in [-0.39, 0.29) is 17.9 Å². The number of benzene rings is 1. The van der Waals surface area contributed by atoms with Crippen molar-refractivity contribution in [3.05, 3.63) is 29.1 Å². The van der Waals surface area contributed by atoms with Gasteiger partial charge in [0, 0.05) is 6.61 Å². The number of hydrogen-bond acceptors (Lipinski definition) is 3. The van der Waals surface area contributed by atoms with Crippen LogP contribution in [0.2, 0.25) is 0 Å². The number of aliphatic hydroxyl groups is 1. The molecule has 0 aliphatic rings. The van der Waals surface area contributed by atoms with Crippen molar-refractivity contribution in [1.82, 2.24) is 0 Å². The zero-order valence-corrected chi connectivity index (χ0v) is 7.75. The minimum absolute atomic E-state index is 0.0470.